The molecule has 6 heteroatoms. The number of carbonyl (C=O) groups is 1. The molecular formula is C13H24N4O2. The zero-order valence-electron chi connectivity index (χ0n) is 12.2. The Morgan fingerprint density at radius 1 is 1.47 bits per heavy atom. The molecule has 1 atom stereocenters. The van der Waals surface area contributed by atoms with Crippen LogP contribution in [0.3, 0.4) is 0 Å². The predicted molar refractivity (Wildman–Crippen MR) is 73.1 cm³/mol. The molecule has 0 fully saturated rings. The van der Waals surface area contributed by atoms with E-state index in [2.05, 4.69) is 15.4 Å². The summed E-state index contributed by atoms with van der Waals surface area (Å²) in [5, 5.41) is 16.7. The van der Waals surface area contributed by atoms with Crippen LogP contribution in [0, 0.1) is 13.8 Å². The molecule has 0 saturated carbocycles. The average Bonchev–Trinajstić information content (AvgIpc) is 2.65. The van der Waals surface area contributed by atoms with Crippen molar-refractivity contribution in [3.05, 3.63) is 11.6 Å². The molecular weight excluding hydrogens is 244 g/mol. The highest BCUT2D eigenvalue weighted by Crippen LogP contribution is 2.14. The highest BCUT2D eigenvalue weighted by atomic mass is 16.4. The van der Waals surface area contributed by atoms with E-state index in [4.69, 9.17) is 0 Å². The quantitative estimate of drug-likeness (QED) is 0.747. The second kappa shape index (κ2) is 6.65. The molecule has 0 aliphatic carbocycles. The molecule has 1 aromatic heterocycles. The Morgan fingerprint density at radius 3 is 2.63 bits per heavy atom. The van der Waals surface area contributed by atoms with Gasteiger partial charge in [0.25, 0.3) is 0 Å². The molecule has 108 valence electrons. The molecule has 0 radical (unpaired) electrons. The summed E-state index contributed by atoms with van der Waals surface area (Å²) in [4.78, 5) is 15.6. The molecule has 0 amide bonds. The Morgan fingerprint density at radius 2 is 2.16 bits per heavy atom. The zero-order valence-corrected chi connectivity index (χ0v) is 12.2. The lowest BCUT2D eigenvalue weighted by Gasteiger charge is -2.26. The maximum absolute atomic E-state index is 11.3. The highest BCUT2D eigenvalue weighted by Gasteiger charge is 2.31. The standard InChI is InChI=1S/C13H24N4O2/c1-5-8-14-13(4,12(18)19)7-6-9-17-11(3)15-10(2)16-17/h14H,5-9H2,1-4H3,(H,18,19). The molecule has 1 unspecified atom stereocenters. The maximum Gasteiger partial charge on any atom is 0.323 e. The lowest BCUT2D eigenvalue weighted by atomic mass is 9.95. The van der Waals surface area contributed by atoms with Crippen LogP contribution < -0.4 is 5.32 Å². The van der Waals surface area contributed by atoms with Crippen LogP contribution in [0.2, 0.25) is 0 Å². The SMILES string of the molecule is CCCNC(C)(CCCn1nc(C)nc1C)C(=O)O. The van der Waals surface area contributed by atoms with Gasteiger partial charge in [-0.15, -0.1) is 0 Å². The average molecular weight is 268 g/mol. The number of hydrogen-bond donors (Lipinski definition) is 2. The minimum atomic E-state index is -0.862. The van der Waals surface area contributed by atoms with E-state index in [1.165, 1.54) is 0 Å². The van der Waals surface area contributed by atoms with Crippen LogP contribution in [-0.4, -0.2) is 37.9 Å². The molecule has 2 N–H and O–H groups in total. The fourth-order valence-electron chi connectivity index (χ4n) is 2.03. The minimum absolute atomic E-state index is 0.570. The van der Waals surface area contributed by atoms with E-state index in [-0.39, 0.29) is 0 Å². The first-order valence-corrected chi connectivity index (χ1v) is 6.75. The number of aliphatic carboxylic acids is 1. The second-order valence-electron chi connectivity index (χ2n) is 5.10. The normalized spacial score (nSPS) is 14.3. The van der Waals surface area contributed by atoms with Crippen LogP contribution in [0.4, 0.5) is 0 Å². The number of aryl methyl sites for hydroxylation is 3. The lowest BCUT2D eigenvalue weighted by molar-refractivity contribution is -0.144. The third-order valence-electron chi connectivity index (χ3n) is 3.25. The van der Waals surface area contributed by atoms with E-state index in [9.17, 15) is 9.90 Å². The Labute approximate surface area is 114 Å². The number of carboxylic acid groups (broad SMARTS) is 1. The van der Waals surface area contributed by atoms with Crippen molar-refractivity contribution >= 4 is 5.97 Å². The Kier molecular flexibility index (Phi) is 5.47. The zero-order chi connectivity index (χ0) is 14.5. The second-order valence-corrected chi connectivity index (χ2v) is 5.10. The van der Waals surface area contributed by atoms with Gasteiger partial charge in [-0.25, -0.2) is 4.98 Å². The van der Waals surface area contributed by atoms with Gasteiger partial charge in [-0.1, -0.05) is 6.92 Å². The monoisotopic (exact) mass is 268 g/mol. The van der Waals surface area contributed by atoms with Crippen LogP contribution in [0.25, 0.3) is 0 Å². The van der Waals surface area contributed by atoms with E-state index in [0.29, 0.717) is 19.5 Å². The van der Waals surface area contributed by atoms with Crippen molar-refractivity contribution in [3.63, 3.8) is 0 Å². The van der Waals surface area contributed by atoms with E-state index in [0.717, 1.165) is 24.5 Å². The first-order valence-electron chi connectivity index (χ1n) is 6.75. The summed E-state index contributed by atoms with van der Waals surface area (Å²) in [5.74, 6) is 0.825. The topological polar surface area (TPSA) is 80.0 Å². The smallest absolute Gasteiger partial charge is 0.323 e. The fraction of sp³-hybridized carbons (Fsp3) is 0.769. The third-order valence-corrected chi connectivity index (χ3v) is 3.25. The van der Waals surface area contributed by atoms with Gasteiger partial charge >= 0.3 is 5.97 Å². The van der Waals surface area contributed by atoms with Gasteiger partial charge in [0, 0.05) is 6.54 Å². The molecule has 0 aliphatic heterocycles. The molecule has 1 rings (SSSR count). The van der Waals surface area contributed by atoms with E-state index < -0.39 is 11.5 Å². The number of carboxylic acids is 1. The van der Waals surface area contributed by atoms with Crippen molar-refractivity contribution in [2.24, 2.45) is 0 Å². The Balaban J connectivity index is 2.53. The molecule has 0 aromatic carbocycles. The first kappa shape index (κ1) is 15.6. The number of nitrogens with one attached hydrogen (secondary N) is 1. The molecule has 19 heavy (non-hydrogen) atoms. The van der Waals surface area contributed by atoms with Gasteiger partial charge in [-0.3, -0.25) is 9.48 Å². The van der Waals surface area contributed by atoms with Crippen molar-refractivity contribution in [2.45, 2.75) is 59.0 Å². The molecule has 0 bridgehead atoms. The van der Waals surface area contributed by atoms with E-state index >= 15 is 0 Å². The number of rotatable bonds is 8. The van der Waals surface area contributed by atoms with Gasteiger partial charge in [0.15, 0.2) is 0 Å². The molecule has 0 aliphatic rings. The summed E-state index contributed by atoms with van der Waals surface area (Å²) in [5.41, 5.74) is -0.862. The molecule has 1 aromatic rings. The van der Waals surface area contributed by atoms with Crippen LogP contribution in [0.5, 0.6) is 0 Å². The van der Waals surface area contributed by atoms with Gasteiger partial charge < -0.3 is 10.4 Å². The highest BCUT2D eigenvalue weighted by molar-refractivity contribution is 5.78. The number of hydrogen-bond acceptors (Lipinski definition) is 4. The Hall–Kier alpha value is -1.43. The third kappa shape index (κ3) is 4.31. The van der Waals surface area contributed by atoms with Gasteiger partial charge in [-0.05, 0) is 46.6 Å². The van der Waals surface area contributed by atoms with E-state index in [1.54, 1.807) is 6.92 Å². The van der Waals surface area contributed by atoms with Crippen molar-refractivity contribution in [1.82, 2.24) is 20.1 Å². The first-order chi connectivity index (χ1) is 8.89. The summed E-state index contributed by atoms with van der Waals surface area (Å²) in [6.45, 7) is 8.94. The van der Waals surface area contributed by atoms with Crippen molar-refractivity contribution in [3.8, 4) is 0 Å². The number of nitrogens with zero attached hydrogens (tertiary/aromatic N) is 3. The summed E-state index contributed by atoms with van der Waals surface area (Å²) in [6.07, 6.45) is 2.24. The van der Waals surface area contributed by atoms with Gasteiger partial charge in [0.05, 0.1) is 0 Å². The Bertz CT molecular complexity index is 430. The minimum Gasteiger partial charge on any atom is -0.480 e. The molecule has 6 nitrogen and oxygen atoms in total. The molecule has 0 saturated heterocycles. The molecule has 0 spiro atoms. The van der Waals surface area contributed by atoms with Gasteiger partial charge in [-0.2, -0.15) is 5.10 Å². The van der Waals surface area contributed by atoms with E-state index in [1.807, 2.05) is 25.5 Å². The van der Waals surface area contributed by atoms with Crippen molar-refractivity contribution in [1.29, 1.82) is 0 Å². The maximum atomic E-state index is 11.3. The predicted octanol–water partition coefficient (Wildman–Crippen LogP) is 1.52. The molecule has 1 heterocycles. The van der Waals surface area contributed by atoms with Crippen LogP contribution in [-0.2, 0) is 11.3 Å². The van der Waals surface area contributed by atoms with Crippen molar-refractivity contribution < 1.29 is 9.90 Å². The van der Waals surface area contributed by atoms with Gasteiger partial charge in [0.2, 0.25) is 0 Å². The van der Waals surface area contributed by atoms with Gasteiger partial charge in [0.1, 0.15) is 17.2 Å². The summed E-state index contributed by atoms with van der Waals surface area (Å²) >= 11 is 0. The fourth-order valence-corrected chi connectivity index (χ4v) is 2.03. The summed E-state index contributed by atoms with van der Waals surface area (Å²) < 4.78 is 1.83. The van der Waals surface area contributed by atoms with Crippen LogP contribution >= 0.6 is 0 Å². The van der Waals surface area contributed by atoms with Crippen LogP contribution in [0.1, 0.15) is 44.8 Å². The summed E-state index contributed by atoms with van der Waals surface area (Å²) in [7, 11) is 0. The number of aromatic nitrogens is 3. The largest absolute Gasteiger partial charge is 0.480 e. The van der Waals surface area contributed by atoms with Crippen molar-refractivity contribution in [2.75, 3.05) is 6.54 Å². The van der Waals surface area contributed by atoms with Crippen LogP contribution in [0.15, 0.2) is 0 Å². The summed E-state index contributed by atoms with van der Waals surface area (Å²) in [6, 6.07) is 0. The lowest BCUT2D eigenvalue weighted by Crippen LogP contribution is -2.49.